The standard InChI is InChI=1S/C15H14N2O2S/c1-12-15(8-10-19-12)20(18)11-13-7-9-17(16-13)14-5-3-2-4-6-14/h2-10H,11H2,1H3. The van der Waals surface area contributed by atoms with Gasteiger partial charge in [0.25, 0.3) is 0 Å². The second kappa shape index (κ2) is 5.46. The highest BCUT2D eigenvalue weighted by Crippen LogP contribution is 2.17. The van der Waals surface area contributed by atoms with Crippen LogP contribution in [0.5, 0.6) is 0 Å². The number of nitrogens with zero attached hydrogens (tertiary/aromatic N) is 2. The molecule has 0 saturated carbocycles. The van der Waals surface area contributed by atoms with Crippen LogP contribution < -0.4 is 0 Å². The Morgan fingerprint density at radius 1 is 1.20 bits per heavy atom. The van der Waals surface area contributed by atoms with Crippen molar-refractivity contribution < 1.29 is 8.63 Å². The number of rotatable bonds is 4. The summed E-state index contributed by atoms with van der Waals surface area (Å²) in [4.78, 5) is 0.735. The van der Waals surface area contributed by atoms with Gasteiger partial charge in [-0.1, -0.05) is 18.2 Å². The van der Waals surface area contributed by atoms with Crippen molar-refractivity contribution in [1.29, 1.82) is 0 Å². The van der Waals surface area contributed by atoms with Gasteiger partial charge in [-0.25, -0.2) is 4.68 Å². The smallest absolute Gasteiger partial charge is 0.116 e. The molecule has 0 aliphatic carbocycles. The van der Waals surface area contributed by atoms with Crippen LogP contribution in [0.25, 0.3) is 5.69 Å². The van der Waals surface area contributed by atoms with Crippen molar-refractivity contribution in [2.75, 3.05) is 0 Å². The Kier molecular flexibility index (Phi) is 3.52. The van der Waals surface area contributed by atoms with E-state index in [1.165, 1.54) is 0 Å². The first kappa shape index (κ1) is 12.9. The third-order valence-corrected chi connectivity index (χ3v) is 4.47. The zero-order chi connectivity index (χ0) is 13.9. The summed E-state index contributed by atoms with van der Waals surface area (Å²) >= 11 is 0. The molecule has 1 unspecified atom stereocenters. The van der Waals surface area contributed by atoms with Gasteiger partial charge < -0.3 is 4.42 Å². The molecule has 0 radical (unpaired) electrons. The van der Waals surface area contributed by atoms with E-state index in [1.54, 1.807) is 17.0 Å². The lowest BCUT2D eigenvalue weighted by molar-refractivity contribution is 0.525. The van der Waals surface area contributed by atoms with Gasteiger partial charge in [0.05, 0.1) is 39.1 Å². The van der Waals surface area contributed by atoms with Crippen LogP contribution in [-0.2, 0) is 16.6 Å². The lowest BCUT2D eigenvalue weighted by Crippen LogP contribution is -2.00. The second-order valence-electron chi connectivity index (χ2n) is 4.42. The van der Waals surface area contributed by atoms with Crippen molar-refractivity contribution in [2.45, 2.75) is 17.6 Å². The van der Waals surface area contributed by atoms with Crippen LogP contribution in [0, 0.1) is 6.92 Å². The Bertz CT molecular complexity index is 731. The fourth-order valence-electron chi connectivity index (χ4n) is 1.98. The quantitative estimate of drug-likeness (QED) is 0.740. The molecule has 0 fully saturated rings. The van der Waals surface area contributed by atoms with E-state index in [2.05, 4.69) is 5.10 Å². The van der Waals surface area contributed by atoms with E-state index in [1.807, 2.05) is 49.5 Å². The first-order valence-corrected chi connectivity index (χ1v) is 7.58. The number of furan rings is 1. The molecule has 2 heterocycles. The van der Waals surface area contributed by atoms with E-state index in [0.29, 0.717) is 11.5 Å². The van der Waals surface area contributed by atoms with E-state index in [0.717, 1.165) is 16.3 Å². The average molecular weight is 286 g/mol. The number of aromatic nitrogens is 2. The zero-order valence-electron chi connectivity index (χ0n) is 11.0. The topological polar surface area (TPSA) is 48.0 Å². The normalized spacial score (nSPS) is 12.4. The van der Waals surface area contributed by atoms with Gasteiger partial charge >= 0.3 is 0 Å². The van der Waals surface area contributed by atoms with Gasteiger partial charge in [-0.3, -0.25) is 4.21 Å². The van der Waals surface area contributed by atoms with Crippen molar-refractivity contribution in [3.8, 4) is 5.69 Å². The largest absolute Gasteiger partial charge is 0.468 e. The number of hydrogen-bond donors (Lipinski definition) is 0. The second-order valence-corrected chi connectivity index (χ2v) is 5.84. The van der Waals surface area contributed by atoms with Crippen molar-refractivity contribution in [3.05, 3.63) is 66.4 Å². The minimum Gasteiger partial charge on any atom is -0.468 e. The molecule has 0 amide bonds. The first-order chi connectivity index (χ1) is 9.74. The summed E-state index contributed by atoms with van der Waals surface area (Å²) in [5.41, 5.74) is 1.79. The molecule has 4 nitrogen and oxygen atoms in total. The van der Waals surface area contributed by atoms with Crippen molar-refractivity contribution in [2.24, 2.45) is 0 Å². The highest BCUT2D eigenvalue weighted by Gasteiger charge is 2.12. The minimum atomic E-state index is -1.13. The minimum absolute atomic E-state index is 0.389. The first-order valence-electron chi connectivity index (χ1n) is 6.26. The summed E-state index contributed by atoms with van der Waals surface area (Å²) in [6.45, 7) is 1.82. The number of hydrogen-bond acceptors (Lipinski definition) is 3. The van der Waals surface area contributed by atoms with Gasteiger partial charge in [0.1, 0.15) is 5.76 Å². The molecule has 3 rings (SSSR count). The lowest BCUT2D eigenvalue weighted by atomic mass is 10.3. The number of aryl methyl sites for hydroxylation is 1. The fraction of sp³-hybridized carbons (Fsp3) is 0.133. The van der Waals surface area contributed by atoms with E-state index in [4.69, 9.17) is 4.42 Å². The molecule has 1 aromatic carbocycles. The van der Waals surface area contributed by atoms with Gasteiger partial charge in [0, 0.05) is 6.20 Å². The molecule has 3 aromatic rings. The van der Waals surface area contributed by atoms with E-state index in [-0.39, 0.29) is 0 Å². The summed E-state index contributed by atoms with van der Waals surface area (Å²) in [6, 6.07) is 13.5. The van der Waals surface area contributed by atoms with Gasteiger partial charge in [-0.05, 0) is 31.2 Å². The molecule has 1 atom stereocenters. The zero-order valence-corrected chi connectivity index (χ0v) is 11.8. The highest BCUT2D eigenvalue weighted by molar-refractivity contribution is 7.84. The summed E-state index contributed by atoms with van der Waals surface area (Å²) in [5.74, 6) is 1.09. The van der Waals surface area contributed by atoms with E-state index in [9.17, 15) is 4.21 Å². The predicted molar refractivity (Wildman–Crippen MR) is 77.1 cm³/mol. The molecule has 0 spiro atoms. The Labute approximate surface area is 119 Å². The molecular formula is C15H14N2O2S. The molecule has 0 bridgehead atoms. The molecule has 0 N–H and O–H groups in total. The summed E-state index contributed by atoms with van der Waals surface area (Å²) < 4.78 is 19.2. The van der Waals surface area contributed by atoms with Crippen molar-refractivity contribution in [3.63, 3.8) is 0 Å². The summed E-state index contributed by atoms with van der Waals surface area (Å²) in [7, 11) is -1.13. The van der Waals surface area contributed by atoms with Crippen LogP contribution in [0.1, 0.15) is 11.5 Å². The monoisotopic (exact) mass is 286 g/mol. The molecule has 2 aromatic heterocycles. The van der Waals surface area contributed by atoms with Gasteiger partial charge in [-0.15, -0.1) is 0 Å². The summed E-state index contributed by atoms with van der Waals surface area (Å²) in [6.07, 6.45) is 3.44. The molecule has 0 saturated heterocycles. The summed E-state index contributed by atoms with van der Waals surface area (Å²) in [5, 5.41) is 4.45. The van der Waals surface area contributed by atoms with Crippen LogP contribution in [0.3, 0.4) is 0 Å². The van der Waals surface area contributed by atoms with E-state index >= 15 is 0 Å². The Morgan fingerprint density at radius 2 is 2.00 bits per heavy atom. The Hall–Kier alpha value is -2.14. The van der Waals surface area contributed by atoms with Crippen molar-refractivity contribution >= 4 is 10.8 Å². The number of benzene rings is 1. The fourth-order valence-corrected chi connectivity index (χ4v) is 3.14. The van der Waals surface area contributed by atoms with Gasteiger partial charge in [-0.2, -0.15) is 5.10 Å². The van der Waals surface area contributed by atoms with Gasteiger partial charge in [0.2, 0.25) is 0 Å². The Morgan fingerprint density at radius 3 is 2.70 bits per heavy atom. The predicted octanol–water partition coefficient (Wildman–Crippen LogP) is 3.08. The maximum atomic E-state index is 12.2. The van der Waals surface area contributed by atoms with Crippen LogP contribution in [-0.4, -0.2) is 14.0 Å². The molecule has 102 valence electrons. The molecule has 0 aliphatic rings. The third kappa shape index (κ3) is 2.58. The van der Waals surface area contributed by atoms with E-state index < -0.39 is 10.8 Å². The Balaban J connectivity index is 1.78. The number of para-hydroxylation sites is 1. The molecule has 20 heavy (non-hydrogen) atoms. The third-order valence-electron chi connectivity index (χ3n) is 3.00. The molecule has 5 heteroatoms. The highest BCUT2D eigenvalue weighted by atomic mass is 32.2. The lowest BCUT2D eigenvalue weighted by Gasteiger charge is -2.00. The average Bonchev–Trinajstić information content (AvgIpc) is 3.09. The maximum Gasteiger partial charge on any atom is 0.116 e. The molecular weight excluding hydrogens is 272 g/mol. The van der Waals surface area contributed by atoms with Gasteiger partial charge in [0.15, 0.2) is 0 Å². The maximum absolute atomic E-state index is 12.2. The SMILES string of the molecule is Cc1occc1S(=O)Cc1ccn(-c2ccccc2)n1. The van der Waals surface area contributed by atoms with Crippen LogP contribution >= 0.6 is 0 Å². The van der Waals surface area contributed by atoms with Crippen LogP contribution in [0.4, 0.5) is 0 Å². The molecule has 0 aliphatic heterocycles. The van der Waals surface area contributed by atoms with Crippen LogP contribution in [0.2, 0.25) is 0 Å². The van der Waals surface area contributed by atoms with Crippen molar-refractivity contribution in [1.82, 2.24) is 9.78 Å². The van der Waals surface area contributed by atoms with Crippen LogP contribution in [0.15, 0.2) is 64.2 Å².